The lowest BCUT2D eigenvalue weighted by Crippen LogP contribution is -2.20. The third-order valence-electron chi connectivity index (χ3n) is 5.44. The lowest BCUT2D eigenvalue weighted by molar-refractivity contribution is -0.118. The first-order chi connectivity index (χ1) is 18.1. The molecule has 0 saturated heterocycles. The number of benzene rings is 3. The molecule has 0 atom stereocenters. The van der Waals surface area contributed by atoms with Crippen LogP contribution in [0, 0.1) is 35.7 Å². The second-order valence-corrected chi connectivity index (χ2v) is 10.1. The maximum absolute atomic E-state index is 12.8. The number of nitriles is 1. The van der Waals surface area contributed by atoms with Gasteiger partial charge in [0.15, 0.2) is 18.1 Å². The van der Waals surface area contributed by atoms with Crippen LogP contribution in [0.1, 0.15) is 29.2 Å². The van der Waals surface area contributed by atoms with E-state index in [1.807, 2.05) is 58.0 Å². The number of hydrogen-bond donors (Lipinski definition) is 2. The Kier molecular flexibility index (Phi) is 10.2. The minimum Gasteiger partial charge on any atom is -0.490 e. The second kappa shape index (κ2) is 13.3. The average molecular weight is 644 g/mol. The molecule has 0 aliphatic heterocycles. The highest BCUT2D eigenvalue weighted by atomic mass is 127. The molecule has 3 aromatic rings. The summed E-state index contributed by atoms with van der Waals surface area (Å²) < 4.78 is 12.2. The second-order valence-electron chi connectivity index (χ2n) is 8.51. The van der Waals surface area contributed by atoms with Crippen molar-refractivity contribution in [3.63, 3.8) is 0 Å². The predicted molar refractivity (Wildman–Crippen MR) is 159 cm³/mol. The van der Waals surface area contributed by atoms with E-state index < -0.39 is 5.91 Å². The number of carbonyl (C=O) groups is 2. The number of nitrogens with one attached hydrogen (secondary N) is 2. The molecule has 7 nitrogen and oxygen atoms in total. The maximum atomic E-state index is 12.8. The number of nitrogens with zero attached hydrogens (tertiary/aromatic N) is 1. The molecule has 0 aliphatic carbocycles. The minimum atomic E-state index is -0.513. The van der Waals surface area contributed by atoms with Crippen molar-refractivity contribution >= 4 is 63.5 Å². The Labute approximate surface area is 240 Å². The zero-order valence-corrected chi connectivity index (χ0v) is 24.4. The molecule has 9 heteroatoms. The molecule has 2 N–H and O–H groups in total. The Bertz CT molecular complexity index is 1450. The first-order valence-corrected chi connectivity index (χ1v) is 13.2. The molecule has 0 unspecified atom stereocenters. The van der Waals surface area contributed by atoms with Crippen molar-refractivity contribution in [1.29, 1.82) is 5.26 Å². The Morgan fingerprint density at radius 1 is 1.03 bits per heavy atom. The molecule has 38 heavy (non-hydrogen) atoms. The Morgan fingerprint density at radius 3 is 2.45 bits per heavy atom. The van der Waals surface area contributed by atoms with Gasteiger partial charge in [0, 0.05) is 16.4 Å². The SMILES string of the molecule is CCOc1cc(/C=C(\C#N)C(=O)Nc2ccc(C)cc2C)cc(I)c1OCC(=O)Nc1ccc(C)c(Cl)c1. The van der Waals surface area contributed by atoms with Crippen LogP contribution in [0.15, 0.2) is 54.1 Å². The van der Waals surface area contributed by atoms with Crippen LogP contribution >= 0.6 is 34.2 Å². The summed E-state index contributed by atoms with van der Waals surface area (Å²) in [6.45, 7) is 7.67. The zero-order valence-electron chi connectivity index (χ0n) is 21.4. The van der Waals surface area contributed by atoms with Crippen LogP contribution in [0.5, 0.6) is 11.5 Å². The number of anilines is 2. The van der Waals surface area contributed by atoms with Crippen molar-refractivity contribution in [1.82, 2.24) is 0 Å². The molecule has 3 rings (SSSR count). The normalized spacial score (nSPS) is 10.9. The van der Waals surface area contributed by atoms with E-state index in [0.717, 1.165) is 16.7 Å². The van der Waals surface area contributed by atoms with Crippen molar-refractivity contribution in [2.45, 2.75) is 27.7 Å². The van der Waals surface area contributed by atoms with Crippen LogP contribution < -0.4 is 20.1 Å². The predicted octanol–water partition coefficient (Wildman–Crippen LogP) is 6.83. The van der Waals surface area contributed by atoms with Gasteiger partial charge >= 0.3 is 0 Å². The number of carbonyl (C=O) groups excluding carboxylic acids is 2. The first-order valence-electron chi connectivity index (χ1n) is 11.8. The smallest absolute Gasteiger partial charge is 0.266 e. The minimum absolute atomic E-state index is 0.0620. The Morgan fingerprint density at radius 2 is 1.79 bits per heavy atom. The molecule has 0 spiro atoms. The van der Waals surface area contributed by atoms with Gasteiger partial charge in [0.25, 0.3) is 11.8 Å². The highest BCUT2D eigenvalue weighted by molar-refractivity contribution is 14.1. The Balaban J connectivity index is 1.78. The summed E-state index contributed by atoms with van der Waals surface area (Å²) in [7, 11) is 0. The molecule has 0 heterocycles. The maximum Gasteiger partial charge on any atom is 0.266 e. The van der Waals surface area contributed by atoms with Crippen LogP contribution in [-0.2, 0) is 9.59 Å². The summed E-state index contributed by atoms with van der Waals surface area (Å²) in [5, 5.41) is 15.8. The fourth-order valence-electron chi connectivity index (χ4n) is 3.54. The van der Waals surface area contributed by atoms with E-state index in [0.29, 0.717) is 43.6 Å². The van der Waals surface area contributed by atoms with E-state index in [9.17, 15) is 14.9 Å². The van der Waals surface area contributed by atoms with Gasteiger partial charge in [-0.1, -0.05) is 35.4 Å². The fraction of sp³-hybridized carbons (Fsp3) is 0.207. The van der Waals surface area contributed by atoms with Gasteiger partial charge in [-0.2, -0.15) is 5.26 Å². The summed E-state index contributed by atoms with van der Waals surface area (Å²) in [4.78, 5) is 25.3. The van der Waals surface area contributed by atoms with Crippen molar-refractivity contribution in [3.05, 3.63) is 85.0 Å². The highest BCUT2D eigenvalue weighted by Crippen LogP contribution is 2.35. The van der Waals surface area contributed by atoms with E-state index in [4.69, 9.17) is 21.1 Å². The zero-order chi connectivity index (χ0) is 27.8. The van der Waals surface area contributed by atoms with Crippen LogP contribution in [-0.4, -0.2) is 25.0 Å². The number of rotatable bonds is 9. The monoisotopic (exact) mass is 643 g/mol. The van der Waals surface area contributed by atoms with Gasteiger partial charge < -0.3 is 20.1 Å². The molecule has 0 bridgehead atoms. The van der Waals surface area contributed by atoms with Gasteiger partial charge in [-0.05, 0) is 103 Å². The number of aryl methyl sites for hydroxylation is 3. The van der Waals surface area contributed by atoms with Crippen LogP contribution in [0.25, 0.3) is 6.08 Å². The number of amides is 2. The topological polar surface area (TPSA) is 100 Å². The molecule has 0 aliphatic rings. The summed E-state index contributed by atoms with van der Waals surface area (Å²) in [6.07, 6.45) is 1.49. The molecule has 2 amide bonds. The molecule has 0 radical (unpaired) electrons. The van der Waals surface area contributed by atoms with Crippen molar-refractivity contribution < 1.29 is 19.1 Å². The summed E-state index contributed by atoms with van der Waals surface area (Å²) in [6, 6.07) is 16.3. The van der Waals surface area contributed by atoms with Gasteiger partial charge in [0.2, 0.25) is 0 Å². The standard InChI is InChI=1S/C29H27ClIN3O4/c1-5-37-26-13-20(11-21(15-32)29(36)34-25-9-6-17(2)10-19(25)4)12-24(31)28(26)38-16-27(35)33-22-8-7-18(3)23(30)14-22/h6-14H,5,16H2,1-4H3,(H,33,35)(H,34,36)/b21-11+. The van der Waals surface area contributed by atoms with Gasteiger partial charge in [0.05, 0.1) is 10.2 Å². The molecule has 0 saturated carbocycles. The third-order valence-corrected chi connectivity index (χ3v) is 6.65. The highest BCUT2D eigenvalue weighted by Gasteiger charge is 2.16. The van der Waals surface area contributed by atoms with E-state index in [2.05, 4.69) is 33.2 Å². The van der Waals surface area contributed by atoms with Gasteiger partial charge in [-0.25, -0.2) is 0 Å². The number of halogens is 2. The van der Waals surface area contributed by atoms with Gasteiger partial charge in [0.1, 0.15) is 11.6 Å². The molecular formula is C29H27ClIN3O4. The first kappa shape index (κ1) is 29.0. The average Bonchev–Trinajstić information content (AvgIpc) is 2.86. The lowest BCUT2D eigenvalue weighted by atomic mass is 10.1. The summed E-state index contributed by atoms with van der Waals surface area (Å²) >= 11 is 8.20. The van der Waals surface area contributed by atoms with E-state index in [1.54, 1.807) is 24.3 Å². The van der Waals surface area contributed by atoms with E-state index >= 15 is 0 Å². The van der Waals surface area contributed by atoms with Gasteiger partial charge in [-0.3, -0.25) is 9.59 Å². The van der Waals surface area contributed by atoms with E-state index in [-0.39, 0.29) is 18.1 Å². The molecule has 3 aromatic carbocycles. The van der Waals surface area contributed by atoms with Crippen molar-refractivity contribution in [3.8, 4) is 17.6 Å². The molecule has 0 fully saturated rings. The van der Waals surface area contributed by atoms with Crippen LogP contribution in [0.4, 0.5) is 11.4 Å². The van der Waals surface area contributed by atoms with Crippen molar-refractivity contribution in [2.75, 3.05) is 23.8 Å². The van der Waals surface area contributed by atoms with E-state index in [1.165, 1.54) is 6.08 Å². The van der Waals surface area contributed by atoms with Crippen LogP contribution in [0.2, 0.25) is 5.02 Å². The third kappa shape index (κ3) is 7.73. The molecule has 196 valence electrons. The molecular weight excluding hydrogens is 617 g/mol. The van der Waals surface area contributed by atoms with Gasteiger partial charge in [-0.15, -0.1) is 0 Å². The Hall–Kier alpha value is -3.55. The lowest BCUT2D eigenvalue weighted by Gasteiger charge is -2.15. The summed E-state index contributed by atoms with van der Waals surface area (Å²) in [5.74, 6) is -0.0913. The molecule has 0 aromatic heterocycles. The fourth-order valence-corrected chi connectivity index (χ4v) is 4.50. The quantitative estimate of drug-likeness (QED) is 0.151. The van der Waals surface area contributed by atoms with Crippen LogP contribution in [0.3, 0.4) is 0 Å². The largest absolute Gasteiger partial charge is 0.490 e. The van der Waals surface area contributed by atoms with Crippen molar-refractivity contribution in [2.24, 2.45) is 0 Å². The summed E-state index contributed by atoms with van der Waals surface area (Å²) in [5.41, 5.74) is 4.62. The number of ether oxygens (including phenoxy) is 2. The number of hydrogen-bond acceptors (Lipinski definition) is 5.